The third kappa shape index (κ3) is 4.87. The molecule has 0 saturated carbocycles. The predicted molar refractivity (Wildman–Crippen MR) is 126 cm³/mol. The van der Waals surface area contributed by atoms with Gasteiger partial charge in [-0.05, 0) is 23.3 Å². The number of ether oxygens (including phenoxy) is 2. The Morgan fingerprint density at radius 2 is 1.48 bits per heavy atom. The molecule has 0 bridgehead atoms. The highest BCUT2D eigenvalue weighted by Gasteiger charge is 2.19. The summed E-state index contributed by atoms with van der Waals surface area (Å²) in [6.07, 6.45) is 1.56. The van der Waals surface area contributed by atoms with Crippen LogP contribution >= 0.6 is 0 Å². The van der Waals surface area contributed by atoms with Gasteiger partial charge in [-0.1, -0.05) is 60.7 Å². The molecule has 0 aliphatic carbocycles. The van der Waals surface area contributed by atoms with Crippen LogP contribution < -0.4 is 15.0 Å². The first kappa shape index (κ1) is 22.1. The van der Waals surface area contributed by atoms with Crippen LogP contribution in [0.15, 0.2) is 83.8 Å². The van der Waals surface area contributed by atoms with E-state index in [4.69, 9.17) is 9.47 Å². The fraction of sp³-hybridized carbons (Fsp3) is 0.192. The van der Waals surface area contributed by atoms with Crippen molar-refractivity contribution in [2.24, 2.45) is 0 Å². The fourth-order valence-electron chi connectivity index (χ4n) is 3.76. The zero-order valence-electron chi connectivity index (χ0n) is 18.6. The van der Waals surface area contributed by atoms with E-state index in [0.29, 0.717) is 35.4 Å². The summed E-state index contributed by atoms with van der Waals surface area (Å²) in [6, 6.07) is 23.0. The minimum Gasteiger partial charge on any atom is -0.493 e. The largest absolute Gasteiger partial charge is 0.493 e. The van der Waals surface area contributed by atoms with Crippen molar-refractivity contribution in [3.05, 3.63) is 100 Å². The summed E-state index contributed by atoms with van der Waals surface area (Å²) in [6.45, 7) is 0.664. The molecule has 4 aromatic rings. The molecule has 0 aliphatic heterocycles. The first-order valence-electron chi connectivity index (χ1n) is 10.6. The number of carbonyl (C=O) groups is 1. The van der Waals surface area contributed by atoms with Gasteiger partial charge >= 0.3 is 0 Å². The smallest absolute Gasteiger partial charge is 0.279 e. The van der Waals surface area contributed by atoms with Gasteiger partial charge in [-0.2, -0.15) is 5.10 Å². The van der Waals surface area contributed by atoms with Crippen molar-refractivity contribution in [2.45, 2.75) is 19.6 Å². The molecule has 0 aliphatic rings. The monoisotopic (exact) mass is 443 g/mol. The molecule has 0 N–H and O–H groups in total. The standard InChI is InChI=1S/C26H25N3O4/c1-32-22-14-13-21-15-27-29(26(31)24(21)25(22)33-2)18-23(30)28(16-19-9-5-3-6-10-19)17-20-11-7-4-8-12-20/h3-15H,16-18H2,1-2H3. The van der Waals surface area contributed by atoms with Crippen LogP contribution in [0.5, 0.6) is 11.5 Å². The van der Waals surface area contributed by atoms with Gasteiger partial charge in [-0.15, -0.1) is 0 Å². The molecule has 1 heterocycles. The van der Waals surface area contributed by atoms with Gasteiger partial charge in [0, 0.05) is 18.5 Å². The van der Waals surface area contributed by atoms with Gasteiger partial charge in [-0.3, -0.25) is 9.59 Å². The zero-order valence-corrected chi connectivity index (χ0v) is 18.6. The maximum atomic E-state index is 13.4. The molecule has 168 valence electrons. The third-order valence-electron chi connectivity index (χ3n) is 5.43. The predicted octanol–water partition coefficient (Wildman–Crippen LogP) is 3.64. The first-order chi connectivity index (χ1) is 16.1. The minimum atomic E-state index is -0.407. The van der Waals surface area contributed by atoms with Crippen molar-refractivity contribution in [3.8, 4) is 11.5 Å². The van der Waals surface area contributed by atoms with Gasteiger partial charge in [0.2, 0.25) is 5.91 Å². The molecule has 0 unspecified atom stereocenters. The summed E-state index contributed by atoms with van der Waals surface area (Å²) >= 11 is 0. The number of hydrogen-bond donors (Lipinski definition) is 0. The van der Waals surface area contributed by atoms with Gasteiger partial charge in [0.1, 0.15) is 6.54 Å². The fourth-order valence-corrected chi connectivity index (χ4v) is 3.76. The van der Waals surface area contributed by atoms with Crippen LogP contribution in [0.4, 0.5) is 0 Å². The van der Waals surface area contributed by atoms with E-state index in [0.717, 1.165) is 11.1 Å². The highest BCUT2D eigenvalue weighted by molar-refractivity contribution is 5.89. The van der Waals surface area contributed by atoms with Crippen molar-refractivity contribution < 1.29 is 14.3 Å². The van der Waals surface area contributed by atoms with Crippen LogP contribution in [0.1, 0.15) is 11.1 Å². The summed E-state index contributed by atoms with van der Waals surface area (Å²) in [5.74, 6) is 0.563. The second-order valence-corrected chi connectivity index (χ2v) is 7.59. The van der Waals surface area contributed by atoms with E-state index in [-0.39, 0.29) is 12.5 Å². The van der Waals surface area contributed by atoms with Gasteiger partial charge in [0.25, 0.3) is 5.56 Å². The lowest BCUT2D eigenvalue weighted by atomic mass is 10.1. The van der Waals surface area contributed by atoms with Crippen molar-refractivity contribution in [1.82, 2.24) is 14.7 Å². The van der Waals surface area contributed by atoms with Crippen molar-refractivity contribution in [1.29, 1.82) is 0 Å². The number of rotatable bonds is 8. The number of hydrogen-bond acceptors (Lipinski definition) is 5. The topological polar surface area (TPSA) is 73.7 Å². The van der Waals surface area contributed by atoms with Crippen LogP contribution in [-0.4, -0.2) is 34.8 Å². The lowest BCUT2D eigenvalue weighted by Crippen LogP contribution is -2.36. The quantitative estimate of drug-likeness (QED) is 0.416. The Hall–Kier alpha value is -4.13. The molecule has 1 amide bonds. The molecule has 7 nitrogen and oxygen atoms in total. The van der Waals surface area contributed by atoms with E-state index in [9.17, 15) is 9.59 Å². The molecule has 4 rings (SSSR count). The number of benzene rings is 3. The number of amides is 1. The number of fused-ring (bicyclic) bond motifs is 1. The summed E-state index contributed by atoms with van der Waals surface area (Å²) in [4.78, 5) is 28.3. The number of methoxy groups -OCH3 is 2. The Bertz CT molecular complexity index is 1260. The molecule has 0 saturated heterocycles. The van der Waals surface area contributed by atoms with Gasteiger partial charge < -0.3 is 14.4 Å². The maximum Gasteiger partial charge on any atom is 0.279 e. The van der Waals surface area contributed by atoms with Crippen LogP contribution in [-0.2, 0) is 24.4 Å². The van der Waals surface area contributed by atoms with E-state index in [1.54, 1.807) is 23.2 Å². The second kappa shape index (κ2) is 9.99. The summed E-state index contributed by atoms with van der Waals surface area (Å²) in [5.41, 5.74) is 1.61. The second-order valence-electron chi connectivity index (χ2n) is 7.59. The molecular formula is C26H25N3O4. The molecule has 0 atom stereocenters. The normalized spacial score (nSPS) is 10.7. The van der Waals surface area contributed by atoms with E-state index in [2.05, 4.69) is 5.10 Å². The minimum absolute atomic E-state index is 0.186. The number of carbonyl (C=O) groups excluding carboxylic acids is 1. The van der Waals surface area contributed by atoms with Crippen molar-refractivity contribution in [2.75, 3.05) is 14.2 Å². The van der Waals surface area contributed by atoms with Gasteiger partial charge in [0.05, 0.1) is 25.8 Å². The van der Waals surface area contributed by atoms with E-state index in [1.165, 1.54) is 18.9 Å². The van der Waals surface area contributed by atoms with Crippen LogP contribution in [0.2, 0.25) is 0 Å². The highest BCUT2D eigenvalue weighted by atomic mass is 16.5. The summed E-state index contributed by atoms with van der Waals surface area (Å²) < 4.78 is 11.9. The summed E-state index contributed by atoms with van der Waals surface area (Å²) in [7, 11) is 2.99. The summed E-state index contributed by atoms with van der Waals surface area (Å²) in [5, 5.41) is 5.18. The molecule has 7 heteroatoms. The molecular weight excluding hydrogens is 418 g/mol. The maximum absolute atomic E-state index is 13.4. The molecule has 3 aromatic carbocycles. The van der Waals surface area contributed by atoms with E-state index >= 15 is 0 Å². The highest BCUT2D eigenvalue weighted by Crippen LogP contribution is 2.32. The molecule has 0 spiro atoms. The molecule has 33 heavy (non-hydrogen) atoms. The molecule has 0 radical (unpaired) electrons. The average Bonchev–Trinajstić information content (AvgIpc) is 2.85. The van der Waals surface area contributed by atoms with Gasteiger partial charge in [-0.25, -0.2) is 4.68 Å². The molecule has 1 aromatic heterocycles. The first-order valence-corrected chi connectivity index (χ1v) is 10.6. The Balaban J connectivity index is 1.67. The molecule has 0 fully saturated rings. The van der Waals surface area contributed by atoms with Crippen molar-refractivity contribution >= 4 is 16.7 Å². The lowest BCUT2D eigenvalue weighted by molar-refractivity contribution is -0.133. The van der Waals surface area contributed by atoms with Gasteiger partial charge in [0.15, 0.2) is 11.5 Å². The van der Waals surface area contributed by atoms with Crippen molar-refractivity contribution in [3.63, 3.8) is 0 Å². The Kier molecular flexibility index (Phi) is 6.69. The Morgan fingerprint density at radius 3 is 2.03 bits per heavy atom. The zero-order chi connectivity index (χ0) is 23.2. The van der Waals surface area contributed by atoms with Crippen LogP contribution in [0, 0.1) is 0 Å². The Morgan fingerprint density at radius 1 is 0.879 bits per heavy atom. The SMILES string of the molecule is COc1ccc2cnn(CC(=O)N(Cc3ccccc3)Cc3ccccc3)c(=O)c2c1OC. The van der Waals surface area contributed by atoms with Crippen LogP contribution in [0.3, 0.4) is 0 Å². The third-order valence-corrected chi connectivity index (χ3v) is 5.43. The van der Waals surface area contributed by atoms with E-state index < -0.39 is 5.56 Å². The van der Waals surface area contributed by atoms with Crippen LogP contribution in [0.25, 0.3) is 10.8 Å². The average molecular weight is 444 g/mol. The lowest BCUT2D eigenvalue weighted by Gasteiger charge is -2.23. The number of nitrogens with zero attached hydrogens (tertiary/aromatic N) is 3. The Labute approximate surface area is 191 Å². The van der Waals surface area contributed by atoms with E-state index in [1.807, 2.05) is 60.7 Å². The number of aromatic nitrogens is 2.